The van der Waals surface area contributed by atoms with Crippen LogP contribution in [0.2, 0.25) is 0 Å². The topological polar surface area (TPSA) is 58.1 Å². The van der Waals surface area contributed by atoms with Crippen molar-refractivity contribution in [2.45, 2.75) is 51.4 Å². The third-order valence-electron chi connectivity index (χ3n) is 5.81. The van der Waals surface area contributed by atoms with Gasteiger partial charge in [0.15, 0.2) is 0 Å². The second kappa shape index (κ2) is 8.07. The zero-order valence-electron chi connectivity index (χ0n) is 16.0. The van der Waals surface area contributed by atoms with Crippen molar-refractivity contribution in [2.75, 3.05) is 18.4 Å². The minimum Gasteiger partial charge on any atom is -0.342 e. The molecule has 5 heteroatoms. The number of nitrogens with zero attached hydrogens (tertiary/aromatic N) is 3. The summed E-state index contributed by atoms with van der Waals surface area (Å²) in [5.41, 5.74) is 3.22. The molecule has 142 valence electrons. The molecular weight excluding hydrogens is 336 g/mol. The van der Waals surface area contributed by atoms with E-state index in [1.165, 1.54) is 18.4 Å². The average molecular weight is 364 g/mol. The molecule has 27 heavy (non-hydrogen) atoms. The molecule has 1 aliphatic heterocycles. The first-order valence-electron chi connectivity index (χ1n) is 10.1. The Morgan fingerprint density at radius 1 is 1.15 bits per heavy atom. The molecule has 0 radical (unpaired) electrons. The number of aryl methyl sites for hydroxylation is 1. The van der Waals surface area contributed by atoms with Gasteiger partial charge < -0.3 is 10.2 Å². The zero-order valence-corrected chi connectivity index (χ0v) is 16.0. The molecule has 1 aliphatic carbocycles. The molecular formula is C22H28N4O. The van der Waals surface area contributed by atoms with Gasteiger partial charge in [0.05, 0.1) is 5.69 Å². The normalized spacial score (nSPS) is 20.6. The van der Waals surface area contributed by atoms with E-state index < -0.39 is 0 Å². The molecule has 1 saturated carbocycles. The minimum atomic E-state index is 0.257. The molecule has 0 unspecified atom stereocenters. The first kappa shape index (κ1) is 18.0. The van der Waals surface area contributed by atoms with Gasteiger partial charge in [-0.2, -0.15) is 0 Å². The Kier molecular flexibility index (Phi) is 5.37. The van der Waals surface area contributed by atoms with Gasteiger partial charge in [0, 0.05) is 36.8 Å². The Balaban J connectivity index is 1.45. The largest absolute Gasteiger partial charge is 0.342 e. The van der Waals surface area contributed by atoms with E-state index in [2.05, 4.69) is 34.3 Å². The van der Waals surface area contributed by atoms with Gasteiger partial charge in [-0.15, -0.1) is 0 Å². The fourth-order valence-electron chi connectivity index (χ4n) is 4.36. The summed E-state index contributed by atoms with van der Waals surface area (Å²) < 4.78 is 0. The number of likely N-dealkylation sites (tertiary alicyclic amines) is 1. The maximum atomic E-state index is 12.8. The summed E-state index contributed by atoms with van der Waals surface area (Å²) in [6.07, 6.45) is 8.48. The van der Waals surface area contributed by atoms with Crippen molar-refractivity contribution in [3.8, 4) is 0 Å². The van der Waals surface area contributed by atoms with Crippen LogP contribution in [0.15, 0.2) is 36.5 Å². The Morgan fingerprint density at radius 3 is 2.81 bits per heavy atom. The number of rotatable bonds is 4. The summed E-state index contributed by atoms with van der Waals surface area (Å²) in [6.45, 7) is 3.75. The minimum absolute atomic E-state index is 0.257. The SMILES string of the molecule is Cc1cccc(Nc2nccc([C@H]3CCCN(C(=O)C4CCCC4)C3)n2)c1. The molecule has 2 aliphatic rings. The van der Waals surface area contributed by atoms with Gasteiger partial charge in [-0.3, -0.25) is 4.79 Å². The van der Waals surface area contributed by atoms with Crippen molar-refractivity contribution in [2.24, 2.45) is 5.92 Å². The number of piperidine rings is 1. The first-order chi connectivity index (χ1) is 13.2. The van der Waals surface area contributed by atoms with Crippen LogP contribution >= 0.6 is 0 Å². The lowest BCUT2D eigenvalue weighted by Gasteiger charge is -2.34. The van der Waals surface area contributed by atoms with Crippen LogP contribution in [0.4, 0.5) is 11.6 Å². The molecule has 5 nitrogen and oxygen atoms in total. The van der Waals surface area contributed by atoms with Crippen LogP contribution in [0.5, 0.6) is 0 Å². The highest BCUT2D eigenvalue weighted by Crippen LogP contribution is 2.31. The van der Waals surface area contributed by atoms with Crippen LogP contribution in [0.25, 0.3) is 0 Å². The van der Waals surface area contributed by atoms with Crippen molar-refractivity contribution in [1.82, 2.24) is 14.9 Å². The zero-order chi connectivity index (χ0) is 18.6. The number of nitrogens with one attached hydrogen (secondary N) is 1. The number of aromatic nitrogens is 2. The van der Waals surface area contributed by atoms with E-state index in [1.807, 2.05) is 24.4 Å². The molecule has 4 rings (SSSR count). The molecule has 1 aromatic carbocycles. The monoisotopic (exact) mass is 364 g/mol. The van der Waals surface area contributed by atoms with Crippen LogP contribution in [-0.4, -0.2) is 33.9 Å². The number of carbonyl (C=O) groups is 1. The quantitative estimate of drug-likeness (QED) is 0.872. The van der Waals surface area contributed by atoms with Crippen molar-refractivity contribution in [1.29, 1.82) is 0 Å². The molecule has 0 bridgehead atoms. The smallest absolute Gasteiger partial charge is 0.227 e. The molecule has 1 atom stereocenters. The van der Waals surface area contributed by atoms with Gasteiger partial charge in [0.1, 0.15) is 0 Å². The lowest BCUT2D eigenvalue weighted by molar-refractivity contribution is -0.136. The van der Waals surface area contributed by atoms with E-state index in [0.29, 0.717) is 17.8 Å². The van der Waals surface area contributed by atoms with Crippen LogP contribution in [-0.2, 0) is 4.79 Å². The lowest BCUT2D eigenvalue weighted by atomic mass is 9.93. The number of benzene rings is 1. The third kappa shape index (κ3) is 4.29. The van der Waals surface area contributed by atoms with Crippen LogP contribution in [0.1, 0.15) is 55.7 Å². The van der Waals surface area contributed by atoms with Crippen molar-refractivity contribution in [3.05, 3.63) is 47.8 Å². The van der Waals surface area contributed by atoms with Gasteiger partial charge in [-0.05, 0) is 56.4 Å². The molecule has 2 aromatic rings. The Morgan fingerprint density at radius 2 is 2.00 bits per heavy atom. The number of carbonyl (C=O) groups excluding carboxylic acids is 1. The molecule has 0 spiro atoms. The van der Waals surface area contributed by atoms with Crippen LogP contribution in [0.3, 0.4) is 0 Å². The van der Waals surface area contributed by atoms with E-state index >= 15 is 0 Å². The number of amides is 1. The van der Waals surface area contributed by atoms with E-state index in [4.69, 9.17) is 4.98 Å². The lowest BCUT2D eigenvalue weighted by Crippen LogP contribution is -2.42. The van der Waals surface area contributed by atoms with E-state index in [0.717, 1.165) is 50.2 Å². The van der Waals surface area contributed by atoms with Gasteiger partial charge in [0.2, 0.25) is 11.9 Å². The molecule has 1 N–H and O–H groups in total. The predicted molar refractivity (Wildman–Crippen MR) is 107 cm³/mol. The maximum Gasteiger partial charge on any atom is 0.227 e. The number of hydrogen-bond acceptors (Lipinski definition) is 4. The standard InChI is InChI=1S/C22H28N4O/c1-16-6-4-10-19(14-16)24-22-23-12-11-20(25-22)18-9-5-13-26(15-18)21(27)17-7-2-3-8-17/h4,6,10-12,14,17-18H,2-3,5,7-9,13,15H2,1H3,(H,23,24,25)/t18-/m0/s1. The fraction of sp³-hybridized carbons (Fsp3) is 0.500. The molecule has 1 aromatic heterocycles. The van der Waals surface area contributed by atoms with Gasteiger partial charge in [0.25, 0.3) is 0 Å². The van der Waals surface area contributed by atoms with E-state index in [-0.39, 0.29) is 5.92 Å². The maximum absolute atomic E-state index is 12.8. The molecule has 1 saturated heterocycles. The fourth-order valence-corrected chi connectivity index (χ4v) is 4.36. The summed E-state index contributed by atoms with van der Waals surface area (Å²) in [6, 6.07) is 10.2. The van der Waals surface area contributed by atoms with E-state index in [1.54, 1.807) is 0 Å². The Bertz CT molecular complexity index is 800. The second-order valence-electron chi connectivity index (χ2n) is 7.90. The van der Waals surface area contributed by atoms with Crippen molar-refractivity contribution in [3.63, 3.8) is 0 Å². The third-order valence-corrected chi connectivity index (χ3v) is 5.81. The van der Waals surface area contributed by atoms with Gasteiger partial charge in [-0.25, -0.2) is 9.97 Å². The molecule has 2 heterocycles. The van der Waals surface area contributed by atoms with Gasteiger partial charge in [-0.1, -0.05) is 25.0 Å². The summed E-state index contributed by atoms with van der Waals surface area (Å²) in [4.78, 5) is 24.0. The number of hydrogen-bond donors (Lipinski definition) is 1. The highest BCUT2D eigenvalue weighted by atomic mass is 16.2. The van der Waals surface area contributed by atoms with Gasteiger partial charge >= 0.3 is 0 Å². The molecule has 1 amide bonds. The summed E-state index contributed by atoms with van der Waals surface area (Å²) >= 11 is 0. The highest BCUT2D eigenvalue weighted by molar-refractivity contribution is 5.79. The van der Waals surface area contributed by atoms with Crippen molar-refractivity contribution < 1.29 is 4.79 Å². The summed E-state index contributed by atoms with van der Waals surface area (Å²) in [5.74, 6) is 1.54. The summed E-state index contributed by atoms with van der Waals surface area (Å²) in [7, 11) is 0. The number of anilines is 2. The van der Waals surface area contributed by atoms with Crippen LogP contribution < -0.4 is 5.32 Å². The van der Waals surface area contributed by atoms with E-state index in [9.17, 15) is 4.79 Å². The second-order valence-corrected chi connectivity index (χ2v) is 7.90. The average Bonchev–Trinajstić information content (AvgIpc) is 3.23. The highest BCUT2D eigenvalue weighted by Gasteiger charge is 2.31. The van der Waals surface area contributed by atoms with Crippen molar-refractivity contribution >= 4 is 17.5 Å². The predicted octanol–water partition coefficient (Wildman–Crippen LogP) is 4.42. The summed E-state index contributed by atoms with van der Waals surface area (Å²) in [5, 5.41) is 3.30. The van der Waals surface area contributed by atoms with Crippen LogP contribution in [0, 0.1) is 12.8 Å². The Labute approximate surface area is 161 Å². The Hall–Kier alpha value is -2.43. The first-order valence-corrected chi connectivity index (χ1v) is 10.1. The molecule has 2 fully saturated rings.